The number of piperazine rings is 1. The first-order valence-corrected chi connectivity index (χ1v) is 14.6. The van der Waals surface area contributed by atoms with E-state index in [2.05, 4.69) is 49.6 Å². The van der Waals surface area contributed by atoms with Gasteiger partial charge in [0.15, 0.2) is 0 Å². The number of hydrogen-bond acceptors (Lipinski definition) is 8. The summed E-state index contributed by atoms with van der Waals surface area (Å²) in [6.45, 7) is 7.46. The predicted octanol–water partition coefficient (Wildman–Crippen LogP) is 3.92. The molecule has 8 nitrogen and oxygen atoms in total. The Kier molecular flexibility index (Phi) is 7.11. The molecule has 0 bridgehead atoms. The summed E-state index contributed by atoms with van der Waals surface area (Å²) in [4.78, 5) is 34.3. The lowest BCUT2D eigenvalue weighted by atomic mass is 10.0. The predicted molar refractivity (Wildman–Crippen MR) is 161 cm³/mol. The minimum absolute atomic E-state index is 0.0905. The van der Waals surface area contributed by atoms with Gasteiger partial charge in [0, 0.05) is 72.2 Å². The number of thiazole rings is 1. The van der Waals surface area contributed by atoms with E-state index in [-0.39, 0.29) is 16.1 Å². The van der Waals surface area contributed by atoms with Crippen LogP contribution in [0.5, 0.6) is 0 Å². The summed E-state index contributed by atoms with van der Waals surface area (Å²) >= 11 is 7.57. The van der Waals surface area contributed by atoms with Crippen LogP contribution in [0.3, 0.4) is 0 Å². The number of benzene rings is 2. The highest BCUT2D eigenvalue weighted by molar-refractivity contribution is 7.29. The van der Waals surface area contributed by atoms with Crippen LogP contribution in [-0.4, -0.2) is 90.1 Å². The molecule has 1 amide bonds. The summed E-state index contributed by atoms with van der Waals surface area (Å²) in [5.41, 5.74) is 2.03. The number of fused-ring (bicyclic) bond motifs is 2. The zero-order valence-electron chi connectivity index (χ0n) is 22.0. The molecule has 0 spiro atoms. The van der Waals surface area contributed by atoms with E-state index in [4.69, 9.17) is 21.6 Å². The number of aromatic nitrogens is 3. The molecule has 13 heteroatoms. The largest absolute Gasteiger partial charge is 0.352 e. The normalized spacial score (nSPS) is 16.3. The lowest BCUT2D eigenvalue weighted by molar-refractivity contribution is -0.126. The van der Waals surface area contributed by atoms with Gasteiger partial charge in [-0.05, 0) is 38.4 Å². The minimum atomic E-state index is -0.710. The van der Waals surface area contributed by atoms with E-state index in [9.17, 15) is 13.6 Å². The van der Waals surface area contributed by atoms with Gasteiger partial charge in [-0.3, -0.25) is 4.79 Å². The molecule has 4 heterocycles. The van der Waals surface area contributed by atoms with Gasteiger partial charge in [0.25, 0.3) is 5.26 Å². The smallest absolute Gasteiger partial charge is 0.270 e. The molecule has 2 aliphatic rings. The van der Waals surface area contributed by atoms with Gasteiger partial charge in [0.2, 0.25) is 11.9 Å². The highest BCUT2D eigenvalue weighted by atomic mass is 35.5. The van der Waals surface area contributed by atoms with Crippen LogP contribution in [0.2, 0.25) is 5.02 Å². The van der Waals surface area contributed by atoms with E-state index in [1.54, 1.807) is 11.0 Å². The average Bonchev–Trinajstić information content (AvgIpc) is 3.31. The first-order chi connectivity index (χ1) is 19.2. The Hall–Kier alpha value is -2.98. The number of carbonyl (C=O) groups is 1. The highest BCUT2D eigenvalue weighted by Gasteiger charge is 2.32. The van der Waals surface area contributed by atoms with Gasteiger partial charge in [0.05, 0.1) is 15.7 Å². The van der Waals surface area contributed by atoms with E-state index in [1.807, 2.05) is 6.07 Å². The third-order valence-electron chi connectivity index (χ3n) is 7.63. The Morgan fingerprint density at radius 2 is 1.85 bits per heavy atom. The molecule has 2 saturated heterocycles. The molecule has 2 aromatic carbocycles. The van der Waals surface area contributed by atoms with Gasteiger partial charge in [-0.1, -0.05) is 29.5 Å². The third kappa shape index (κ3) is 4.59. The first-order valence-electron chi connectivity index (χ1n) is 12.8. The Bertz CT molecular complexity index is 1670. The molecule has 2 aliphatic heterocycles. The molecule has 0 radical (unpaired) electrons. The molecule has 6 rings (SSSR count). The lowest BCUT2D eigenvalue weighted by Gasteiger charge is -2.43. The number of likely N-dealkylation sites (N-methyl/N-ethyl adjacent to an activating group) is 1. The summed E-state index contributed by atoms with van der Waals surface area (Å²) < 4.78 is 28.7. The van der Waals surface area contributed by atoms with Gasteiger partial charge in [-0.15, -0.1) is 9.24 Å². The molecule has 0 N–H and O–H groups in total. The summed E-state index contributed by atoms with van der Waals surface area (Å²) in [6, 6.07) is 5.10. The molecule has 0 saturated carbocycles. The maximum absolute atomic E-state index is 14.5. The van der Waals surface area contributed by atoms with E-state index in [0.29, 0.717) is 76.5 Å². The van der Waals surface area contributed by atoms with Gasteiger partial charge in [-0.25, -0.2) is 14.4 Å². The van der Waals surface area contributed by atoms with Crippen LogP contribution in [0.15, 0.2) is 30.9 Å². The second-order valence-electron chi connectivity index (χ2n) is 10.2. The number of hydrogen-bond donors (Lipinski definition) is 0. The van der Waals surface area contributed by atoms with Crippen LogP contribution in [0.25, 0.3) is 32.2 Å². The number of anilines is 2. The Labute approximate surface area is 241 Å². The zero-order chi connectivity index (χ0) is 28.3. The van der Waals surface area contributed by atoms with Crippen molar-refractivity contribution in [2.75, 3.05) is 63.2 Å². The second-order valence-corrected chi connectivity index (χ2v) is 12.1. The van der Waals surface area contributed by atoms with Crippen LogP contribution in [0.1, 0.15) is 0 Å². The van der Waals surface area contributed by atoms with Crippen molar-refractivity contribution in [2.24, 2.45) is 0 Å². The number of amides is 1. The molecule has 1 atom stereocenters. The van der Waals surface area contributed by atoms with Crippen LogP contribution in [0.4, 0.5) is 20.5 Å². The fourth-order valence-electron chi connectivity index (χ4n) is 5.25. The van der Waals surface area contributed by atoms with Crippen LogP contribution >= 0.6 is 32.2 Å². The molecular formula is C27H27ClF2N7OPS. The SMILES string of the molecule is C=CC(=O)N1CCN(c2nc(N3CC(N(C)C)C3)nc3c(P)c(-c4ccc(F)c5sc(F)nc45)c(Cl)cc23)CC1. The van der Waals surface area contributed by atoms with E-state index in [1.165, 1.54) is 12.1 Å². The van der Waals surface area contributed by atoms with E-state index < -0.39 is 11.1 Å². The Morgan fingerprint density at radius 3 is 2.52 bits per heavy atom. The van der Waals surface area contributed by atoms with Crippen molar-refractivity contribution in [3.05, 3.63) is 47.0 Å². The van der Waals surface area contributed by atoms with Crippen molar-refractivity contribution >= 4 is 76.3 Å². The quantitative estimate of drug-likeness (QED) is 0.254. The molecule has 2 fully saturated rings. The highest BCUT2D eigenvalue weighted by Crippen LogP contribution is 2.40. The molecule has 0 aliphatic carbocycles. The number of nitrogens with zero attached hydrogens (tertiary/aromatic N) is 7. The van der Waals surface area contributed by atoms with Gasteiger partial charge < -0.3 is 19.6 Å². The van der Waals surface area contributed by atoms with Gasteiger partial charge in [-0.2, -0.15) is 9.37 Å². The Morgan fingerprint density at radius 1 is 1.12 bits per heavy atom. The monoisotopic (exact) mass is 601 g/mol. The summed E-state index contributed by atoms with van der Waals surface area (Å²) in [5.74, 6) is 0.718. The number of rotatable bonds is 5. The van der Waals surface area contributed by atoms with Crippen molar-refractivity contribution in [1.29, 1.82) is 0 Å². The van der Waals surface area contributed by atoms with Crippen LogP contribution < -0.4 is 15.1 Å². The lowest BCUT2D eigenvalue weighted by Crippen LogP contribution is -2.58. The van der Waals surface area contributed by atoms with E-state index >= 15 is 0 Å². The van der Waals surface area contributed by atoms with Crippen LogP contribution in [0, 0.1) is 11.1 Å². The van der Waals surface area contributed by atoms with Crippen LogP contribution in [-0.2, 0) is 4.79 Å². The molecule has 2 aromatic heterocycles. The fraction of sp³-hybridized carbons (Fsp3) is 0.333. The topological polar surface area (TPSA) is 68.7 Å². The average molecular weight is 602 g/mol. The molecule has 208 valence electrons. The summed E-state index contributed by atoms with van der Waals surface area (Å²) in [7, 11) is 6.84. The maximum Gasteiger partial charge on any atom is 0.270 e. The van der Waals surface area contributed by atoms with E-state index in [0.717, 1.165) is 24.3 Å². The molecule has 4 aromatic rings. The summed E-state index contributed by atoms with van der Waals surface area (Å²) in [6.07, 6.45) is 1.33. The second kappa shape index (κ2) is 10.4. The molecule has 1 unspecified atom stereocenters. The third-order valence-corrected chi connectivity index (χ3v) is 9.34. The van der Waals surface area contributed by atoms with Crippen molar-refractivity contribution in [1.82, 2.24) is 24.8 Å². The number of halogens is 3. The molecule has 40 heavy (non-hydrogen) atoms. The minimum Gasteiger partial charge on any atom is -0.352 e. The first kappa shape index (κ1) is 27.2. The standard InChI is InChI=1S/C27H27ClF2N7OPS/c1-4-19(38)35-7-9-36(10-8-35)25-16-11-17(28)20(15-5-6-18(29)24-22(15)31-26(30)40-24)23(39)21(16)32-27(33-25)37-12-14(13-37)34(2)3/h4-6,11,14H,1,7-10,12-13,39H2,2-3H3. The Balaban J connectivity index is 1.50. The van der Waals surface area contributed by atoms with Crippen molar-refractivity contribution < 1.29 is 13.6 Å². The maximum atomic E-state index is 14.5. The van der Waals surface area contributed by atoms with Crippen molar-refractivity contribution in [3.63, 3.8) is 0 Å². The number of carbonyl (C=O) groups excluding carboxylic acids is 1. The zero-order valence-corrected chi connectivity index (χ0v) is 24.7. The fourth-order valence-corrected chi connectivity index (χ4v) is 6.91. The summed E-state index contributed by atoms with van der Waals surface area (Å²) in [5, 5.41) is 1.14. The van der Waals surface area contributed by atoms with Gasteiger partial charge in [0.1, 0.15) is 11.6 Å². The molecular weight excluding hydrogens is 575 g/mol. The van der Waals surface area contributed by atoms with Gasteiger partial charge >= 0.3 is 0 Å². The van der Waals surface area contributed by atoms with Crippen molar-refractivity contribution in [3.8, 4) is 11.1 Å². The van der Waals surface area contributed by atoms with Crippen molar-refractivity contribution in [2.45, 2.75) is 6.04 Å².